The van der Waals surface area contributed by atoms with Gasteiger partial charge in [0.15, 0.2) is 11.3 Å². The Morgan fingerprint density at radius 3 is 3.04 bits per heavy atom. The van der Waals surface area contributed by atoms with Crippen LogP contribution in [0, 0.1) is 11.3 Å². The van der Waals surface area contributed by atoms with Gasteiger partial charge in [-0.3, -0.25) is 4.40 Å². The molecule has 1 fully saturated rings. The van der Waals surface area contributed by atoms with Gasteiger partial charge in [0.05, 0.1) is 23.5 Å². The van der Waals surface area contributed by atoms with Crippen LogP contribution in [0.15, 0.2) is 18.5 Å². The molecule has 3 atom stereocenters. The summed E-state index contributed by atoms with van der Waals surface area (Å²) in [6.07, 6.45) is 6.44. The van der Waals surface area contributed by atoms with E-state index in [1.54, 1.807) is 6.20 Å². The van der Waals surface area contributed by atoms with Gasteiger partial charge in [-0.05, 0) is 31.7 Å². The van der Waals surface area contributed by atoms with Crippen LogP contribution in [0.3, 0.4) is 0 Å². The maximum atomic E-state index is 12.4. The van der Waals surface area contributed by atoms with Crippen LogP contribution in [-0.2, 0) is 10.0 Å². The highest BCUT2D eigenvalue weighted by Gasteiger charge is 2.38. The Labute approximate surface area is 176 Å². The highest BCUT2D eigenvalue weighted by molar-refractivity contribution is 14.1. The van der Waals surface area contributed by atoms with Crippen molar-refractivity contribution in [2.24, 2.45) is 0 Å². The van der Waals surface area contributed by atoms with Crippen molar-refractivity contribution in [1.82, 2.24) is 29.3 Å². The van der Waals surface area contributed by atoms with E-state index >= 15 is 0 Å². The SMILES string of the molecule is N#CCCCCS(=O)(=O)N[C@H]1C[C@@H](I)[C@@H](c2nnc3cnc4[nH]ccc4n23)C1. The maximum absolute atomic E-state index is 12.4. The Bertz CT molecular complexity index is 1130. The van der Waals surface area contributed by atoms with Crippen molar-refractivity contribution in [3.05, 3.63) is 24.3 Å². The molecule has 4 rings (SSSR count). The molecule has 0 unspecified atom stereocenters. The van der Waals surface area contributed by atoms with Gasteiger partial charge in [0.1, 0.15) is 5.82 Å². The number of nitrogens with one attached hydrogen (secondary N) is 2. The fourth-order valence-corrected chi connectivity index (χ4v) is 6.43. The Hall–Kier alpha value is -1.78. The van der Waals surface area contributed by atoms with Crippen molar-refractivity contribution < 1.29 is 8.42 Å². The molecule has 3 heterocycles. The van der Waals surface area contributed by atoms with Crippen molar-refractivity contribution in [1.29, 1.82) is 5.26 Å². The molecule has 3 aromatic rings. The Morgan fingerprint density at radius 1 is 1.36 bits per heavy atom. The van der Waals surface area contributed by atoms with Gasteiger partial charge in [0.2, 0.25) is 10.0 Å². The number of aromatic nitrogens is 5. The molecular weight excluding hydrogens is 493 g/mol. The third-order valence-electron chi connectivity index (χ3n) is 5.08. The van der Waals surface area contributed by atoms with Gasteiger partial charge in [-0.1, -0.05) is 22.6 Å². The molecule has 148 valence electrons. The molecule has 0 amide bonds. The van der Waals surface area contributed by atoms with Crippen molar-refractivity contribution in [3.8, 4) is 6.07 Å². The number of nitrogens with zero attached hydrogens (tertiary/aromatic N) is 5. The van der Waals surface area contributed by atoms with Crippen LogP contribution in [0.2, 0.25) is 0 Å². The lowest BCUT2D eigenvalue weighted by atomic mass is 10.1. The second kappa shape index (κ2) is 7.92. The Balaban J connectivity index is 1.51. The number of fused-ring (bicyclic) bond motifs is 3. The van der Waals surface area contributed by atoms with Crippen molar-refractivity contribution >= 4 is 49.4 Å². The summed E-state index contributed by atoms with van der Waals surface area (Å²) in [4.78, 5) is 7.44. The summed E-state index contributed by atoms with van der Waals surface area (Å²) in [5.41, 5.74) is 2.38. The van der Waals surface area contributed by atoms with Crippen LogP contribution in [0.4, 0.5) is 0 Å². The number of halogens is 1. The van der Waals surface area contributed by atoms with Crippen molar-refractivity contribution in [3.63, 3.8) is 0 Å². The molecule has 0 bridgehead atoms. The molecule has 0 aromatic carbocycles. The number of H-pyrrole nitrogens is 1. The van der Waals surface area contributed by atoms with E-state index in [-0.39, 0.29) is 21.6 Å². The van der Waals surface area contributed by atoms with Gasteiger partial charge in [0, 0.05) is 28.5 Å². The molecule has 1 saturated carbocycles. The van der Waals surface area contributed by atoms with Gasteiger partial charge in [-0.15, -0.1) is 10.2 Å². The highest BCUT2D eigenvalue weighted by Crippen LogP contribution is 2.39. The first-order chi connectivity index (χ1) is 13.5. The van der Waals surface area contributed by atoms with E-state index < -0.39 is 10.0 Å². The highest BCUT2D eigenvalue weighted by atomic mass is 127. The fraction of sp³-hybridized carbons (Fsp3) is 0.529. The normalized spacial score (nSPS) is 22.8. The zero-order chi connectivity index (χ0) is 19.7. The van der Waals surface area contributed by atoms with Crippen LogP contribution < -0.4 is 4.72 Å². The van der Waals surface area contributed by atoms with Crippen molar-refractivity contribution in [2.45, 2.75) is 48.0 Å². The van der Waals surface area contributed by atoms with E-state index in [1.807, 2.05) is 22.7 Å². The molecule has 1 aliphatic carbocycles. The minimum Gasteiger partial charge on any atom is -0.345 e. The minimum atomic E-state index is -3.35. The molecule has 0 radical (unpaired) electrons. The molecule has 28 heavy (non-hydrogen) atoms. The zero-order valence-corrected chi connectivity index (χ0v) is 18.0. The van der Waals surface area contributed by atoms with Crippen LogP contribution in [0.1, 0.15) is 43.8 Å². The van der Waals surface area contributed by atoms with Crippen LogP contribution >= 0.6 is 22.6 Å². The number of hydrogen-bond acceptors (Lipinski definition) is 6. The standard InChI is InChI=1S/C17H20IN7O2S/c18-13-9-11(24-28(26,27)7-3-1-2-5-19)8-12(13)17-23-22-15-10-21-16-14(25(15)17)4-6-20-16/h4,6,10-13,20,24H,1-3,7-9H2/t11-,12+,13-/m1/s1. The third-order valence-corrected chi connectivity index (χ3v) is 7.98. The molecule has 11 heteroatoms. The number of alkyl halides is 1. The van der Waals surface area contributed by atoms with Crippen LogP contribution in [-0.4, -0.2) is 48.7 Å². The quantitative estimate of drug-likeness (QED) is 0.283. The molecule has 0 saturated heterocycles. The second-order valence-electron chi connectivity index (χ2n) is 7.06. The van der Waals surface area contributed by atoms with E-state index in [0.29, 0.717) is 31.3 Å². The van der Waals surface area contributed by atoms with Gasteiger partial charge >= 0.3 is 0 Å². The summed E-state index contributed by atoms with van der Waals surface area (Å²) in [6, 6.07) is 3.87. The number of sulfonamides is 1. The monoisotopic (exact) mass is 513 g/mol. The first-order valence-corrected chi connectivity index (χ1v) is 12.1. The Morgan fingerprint density at radius 2 is 2.21 bits per heavy atom. The number of unbranched alkanes of at least 4 members (excludes halogenated alkanes) is 2. The second-order valence-corrected chi connectivity index (χ2v) is 10.5. The molecule has 2 N–H and O–H groups in total. The lowest BCUT2D eigenvalue weighted by Gasteiger charge is -2.13. The van der Waals surface area contributed by atoms with E-state index in [1.165, 1.54) is 0 Å². The number of hydrogen-bond donors (Lipinski definition) is 2. The average molecular weight is 513 g/mol. The van der Waals surface area contributed by atoms with E-state index in [0.717, 1.165) is 23.4 Å². The summed E-state index contributed by atoms with van der Waals surface area (Å²) < 4.78 is 29.8. The van der Waals surface area contributed by atoms with E-state index in [4.69, 9.17) is 5.26 Å². The topological polar surface area (TPSA) is 129 Å². The summed E-state index contributed by atoms with van der Waals surface area (Å²) in [7, 11) is -3.35. The molecular formula is C17H20IN7O2S. The van der Waals surface area contributed by atoms with Gasteiger partial charge in [-0.2, -0.15) is 5.26 Å². The largest absolute Gasteiger partial charge is 0.345 e. The maximum Gasteiger partial charge on any atom is 0.211 e. The predicted molar refractivity (Wildman–Crippen MR) is 113 cm³/mol. The lowest BCUT2D eigenvalue weighted by molar-refractivity contribution is 0.544. The van der Waals surface area contributed by atoms with E-state index in [2.05, 4.69) is 47.5 Å². The Kier molecular flexibility index (Phi) is 5.52. The van der Waals surface area contributed by atoms with Crippen LogP contribution in [0.25, 0.3) is 16.8 Å². The van der Waals surface area contributed by atoms with Gasteiger partial charge in [0.25, 0.3) is 0 Å². The lowest BCUT2D eigenvalue weighted by Crippen LogP contribution is -2.35. The smallest absolute Gasteiger partial charge is 0.211 e. The summed E-state index contributed by atoms with van der Waals surface area (Å²) in [5.74, 6) is 1.00. The molecule has 1 aliphatic rings. The molecule has 9 nitrogen and oxygen atoms in total. The molecule has 3 aromatic heterocycles. The average Bonchev–Trinajstić information content (AvgIpc) is 3.35. The third kappa shape index (κ3) is 3.85. The van der Waals surface area contributed by atoms with Gasteiger partial charge < -0.3 is 4.98 Å². The predicted octanol–water partition coefficient (Wildman–Crippen LogP) is 2.27. The summed E-state index contributed by atoms with van der Waals surface area (Å²) in [5, 5.41) is 17.2. The first kappa shape index (κ1) is 19.5. The van der Waals surface area contributed by atoms with Crippen molar-refractivity contribution in [2.75, 3.05) is 5.75 Å². The first-order valence-electron chi connectivity index (χ1n) is 9.16. The molecule has 0 aliphatic heterocycles. The minimum absolute atomic E-state index is 0.0608. The summed E-state index contributed by atoms with van der Waals surface area (Å²) in [6.45, 7) is 0. The molecule has 0 spiro atoms. The number of nitriles is 1. The van der Waals surface area contributed by atoms with Crippen LogP contribution in [0.5, 0.6) is 0 Å². The summed E-state index contributed by atoms with van der Waals surface area (Å²) >= 11 is 2.38. The van der Waals surface area contributed by atoms with Gasteiger partial charge in [-0.25, -0.2) is 18.1 Å². The zero-order valence-electron chi connectivity index (χ0n) is 15.0. The van der Waals surface area contributed by atoms with E-state index in [9.17, 15) is 8.42 Å². The number of rotatable bonds is 7. The number of aromatic amines is 1. The fourth-order valence-electron chi connectivity index (χ4n) is 3.80.